The van der Waals surface area contributed by atoms with Crippen molar-refractivity contribution in [3.8, 4) is 0 Å². The number of cyclic esters (lactones) is 1. The maximum atomic E-state index is 13.5. The van der Waals surface area contributed by atoms with Crippen LogP contribution < -0.4 is 0 Å². The normalized spacial score (nSPS) is 21.4. The van der Waals surface area contributed by atoms with E-state index >= 15 is 0 Å². The molecule has 2 aliphatic rings. The molecule has 1 heterocycles. The lowest BCUT2D eigenvalue weighted by atomic mass is 9.80. The molecule has 1 aliphatic carbocycles. The minimum absolute atomic E-state index is 0.155. The molecule has 0 unspecified atom stereocenters. The molecule has 0 aromatic heterocycles. The number of benzene rings is 1. The molecule has 1 aliphatic heterocycles. The molecule has 0 saturated carbocycles. The quantitative estimate of drug-likeness (QED) is 0.563. The number of carbonyl (C=O) groups is 2. The fourth-order valence-corrected chi connectivity index (χ4v) is 3.33. The van der Waals surface area contributed by atoms with E-state index in [2.05, 4.69) is 0 Å². The van der Waals surface area contributed by atoms with Crippen molar-refractivity contribution in [1.82, 2.24) is 0 Å². The number of hydrogen-bond donors (Lipinski definition) is 0. The van der Waals surface area contributed by atoms with Gasteiger partial charge in [-0.05, 0) is 38.5 Å². The number of allylic oxidation sites excluding steroid dienone is 7. The summed E-state index contributed by atoms with van der Waals surface area (Å²) in [5, 5.41) is 0. The summed E-state index contributed by atoms with van der Waals surface area (Å²) < 4.78 is 24.9. The van der Waals surface area contributed by atoms with Gasteiger partial charge in [0.1, 0.15) is 11.4 Å². The molecular formula is C23H23FO4. The SMILES string of the molecule is CC(C)(C)OC(=O)C(=C1C=CC=CC=C1)[C@]1(c2ccc(F)cc2)CCC(=O)O1. The monoisotopic (exact) mass is 382 g/mol. The van der Waals surface area contributed by atoms with Crippen LogP contribution >= 0.6 is 0 Å². The number of halogens is 1. The van der Waals surface area contributed by atoms with Crippen LogP contribution in [0, 0.1) is 5.82 Å². The second-order valence-corrected chi connectivity index (χ2v) is 7.74. The van der Waals surface area contributed by atoms with Gasteiger partial charge >= 0.3 is 11.9 Å². The van der Waals surface area contributed by atoms with E-state index in [0.29, 0.717) is 11.1 Å². The average Bonchev–Trinajstić information content (AvgIpc) is 2.81. The Balaban J connectivity index is 2.23. The highest BCUT2D eigenvalue weighted by molar-refractivity contribution is 5.95. The highest BCUT2D eigenvalue weighted by Gasteiger charge is 2.50. The summed E-state index contributed by atoms with van der Waals surface area (Å²) in [6.45, 7) is 5.33. The number of esters is 2. The van der Waals surface area contributed by atoms with Gasteiger partial charge in [-0.1, -0.05) is 48.6 Å². The first-order valence-corrected chi connectivity index (χ1v) is 9.19. The second-order valence-electron chi connectivity index (χ2n) is 7.74. The standard InChI is InChI=1S/C23H23FO4/c1-22(2,3)28-21(26)20(16-8-6-4-5-7-9-16)23(15-14-19(25)27-23)17-10-12-18(24)13-11-17/h4-13H,14-15H2,1-3H3/t23-/m1/s1. The molecule has 1 aromatic rings. The Morgan fingerprint density at radius 1 is 1.07 bits per heavy atom. The highest BCUT2D eigenvalue weighted by Crippen LogP contribution is 2.45. The van der Waals surface area contributed by atoms with E-state index < -0.39 is 29.0 Å². The zero-order valence-corrected chi connectivity index (χ0v) is 16.2. The van der Waals surface area contributed by atoms with E-state index in [1.54, 1.807) is 57.2 Å². The molecule has 3 rings (SSSR count). The molecule has 0 radical (unpaired) electrons. The van der Waals surface area contributed by atoms with Crippen LogP contribution in [-0.2, 0) is 24.7 Å². The summed E-state index contributed by atoms with van der Waals surface area (Å²) in [6.07, 6.45) is 11.2. The summed E-state index contributed by atoms with van der Waals surface area (Å²) in [5.74, 6) is -1.39. The molecule has 1 fully saturated rings. The Bertz CT molecular complexity index is 880. The fourth-order valence-electron chi connectivity index (χ4n) is 3.33. The van der Waals surface area contributed by atoms with Crippen LogP contribution in [0.25, 0.3) is 0 Å². The van der Waals surface area contributed by atoms with Crippen LogP contribution in [0.1, 0.15) is 39.2 Å². The van der Waals surface area contributed by atoms with Gasteiger partial charge in [0.05, 0.1) is 12.0 Å². The van der Waals surface area contributed by atoms with Crippen molar-refractivity contribution in [2.45, 2.75) is 44.8 Å². The van der Waals surface area contributed by atoms with Gasteiger partial charge in [-0.25, -0.2) is 9.18 Å². The van der Waals surface area contributed by atoms with Crippen LogP contribution in [-0.4, -0.2) is 17.5 Å². The minimum atomic E-state index is -1.33. The van der Waals surface area contributed by atoms with E-state index in [1.807, 2.05) is 12.2 Å². The van der Waals surface area contributed by atoms with Gasteiger partial charge < -0.3 is 9.47 Å². The van der Waals surface area contributed by atoms with Gasteiger partial charge in [-0.15, -0.1) is 0 Å². The van der Waals surface area contributed by atoms with E-state index in [1.165, 1.54) is 12.1 Å². The Labute approximate surface area is 164 Å². The van der Waals surface area contributed by atoms with Gasteiger partial charge in [0.15, 0.2) is 5.60 Å². The Hall–Kier alpha value is -2.95. The molecule has 0 amide bonds. The number of carbonyl (C=O) groups excluding carboxylic acids is 2. The van der Waals surface area contributed by atoms with Gasteiger partial charge in [0.2, 0.25) is 0 Å². The van der Waals surface area contributed by atoms with Crippen molar-refractivity contribution in [3.63, 3.8) is 0 Å². The lowest BCUT2D eigenvalue weighted by Crippen LogP contribution is -2.37. The second kappa shape index (κ2) is 7.58. The Morgan fingerprint density at radius 3 is 2.18 bits per heavy atom. The lowest BCUT2D eigenvalue weighted by Gasteiger charge is -2.33. The van der Waals surface area contributed by atoms with Crippen LogP contribution in [0.2, 0.25) is 0 Å². The summed E-state index contributed by atoms with van der Waals surface area (Å²) in [6, 6.07) is 5.67. The zero-order chi connectivity index (χ0) is 20.4. The Morgan fingerprint density at radius 2 is 1.68 bits per heavy atom. The number of rotatable bonds is 3. The average molecular weight is 382 g/mol. The third-order valence-corrected chi connectivity index (χ3v) is 4.46. The van der Waals surface area contributed by atoms with Crippen LogP contribution in [0.5, 0.6) is 0 Å². The third kappa shape index (κ3) is 4.14. The van der Waals surface area contributed by atoms with Gasteiger partial charge in [0, 0.05) is 12.0 Å². The van der Waals surface area contributed by atoms with Crippen LogP contribution in [0.15, 0.2) is 71.9 Å². The van der Waals surface area contributed by atoms with Crippen molar-refractivity contribution in [2.75, 3.05) is 0 Å². The molecule has 1 saturated heterocycles. The maximum Gasteiger partial charge on any atom is 0.339 e. The smallest absolute Gasteiger partial charge is 0.339 e. The molecule has 146 valence electrons. The summed E-state index contributed by atoms with van der Waals surface area (Å²) in [7, 11) is 0. The predicted molar refractivity (Wildman–Crippen MR) is 104 cm³/mol. The molecule has 0 bridgehead atoms. The number of hydrogen-bond acceptors (Lipinski definition) is 4. The molecule has 1 aromatic carbocycles. The topological polar surface area (TPSA) is 52.6 Å². The highest BCUT2D eigenvalue weighted by atomic mass is 19.1. The predicted octanol–water partition coefficient (Wildman–Crippen LogP) is 4.68. The van der Waals surface area contributed by atoms with Crippen molar-refractivity contribution in [3.05, 3.63) is 83.2 Å². The van der Waals surface area contributed by atoms with Crippen LogP contribution in [0.4, 0.5) is 4.39 Å². The molecule has 4 nitrogen and oxygen atoms in total. The molecule has 0 N–H and O–H groups in total. The van der Waals surface area contributed by atoms with Gasteiger partial charge in [0.25, 0.3) is 0 Å². The molecule has 1 atom stereocenters. The van der Waals surface area contributed by atoms with E-state index in [4.69, 9.17) is 9.47 Å². The third-order valence-electron chi connectivity index (χ3n) is 4.46. The first-order valence-electron chi connectivity index (χ1n) is 9.19. The molecule has 28 heavy (non-hydrogen) atoms. The van der Waals surface area contributed by atoms with Gasteiger partial charge in [-0.3, -0.25) is 4.79 Å². The van der Waals surface area contributed by atoms with Crippen molar-refractivity contribution in [2.24, 2.45) is 0 Å². The summed E-state index contributed by atoms with van der Waals surface area (Å²) >= 11 is 0. The largest absolute Gasteiger partial charge is 0.456 e. The Kier molecular flexibility index (Phi) is 5.36. The van der Waals surface area contributed by atoms with Crippen LogP contribution in [0.3, 0.4) is 0 Å². The van der Waals surface area contributed by atoms with E-state index in [-0.39, 0.29) is 18.4 Å². The van der Waals surface area contributed by atoms with E-state index in [9.17, 15) is 14.0 Å². The molecule has 5 heteroatoms. The van der Waals surface area contributed by atoms with Gasteiger partial charge in [-0.2, -0.15) is 0 Å². The summed E-state index contributed by atoms with van der Waals surface area (Å²) in [5.41, 5.74) is -0.714. The first kappa shape index (κ1) is 19.8. The molecular weight excluding hydrogens is 359 g/mol. The van der Waals surface area contributed by atoms with Crippen molar-refractivity contribution < 1.29 is 23.5 Å². The van der Waals surface area contributed by atoms with Crippen molar-refractivity contribution >= 4 is 11.9 Å². The van der Waals surface area contributed by atoms with E-state index in [0.717, 1.165) is 0 Å². The minimum Gasteiger partial charge on any atom is -0.456 e. The summed E-state index contributed by atoms with van der Waals surface area (Å²) in [4.78, 5) is 25.4. The van der Waals surface area contributed by atoms with Crippen molar-refractivity contribution in [1.29, 1.82) is 0 Å². The fraction of sp³-hybridized carbons (Fsp3) is 0.304. The maximum absolute atomic E-state index is 13.5. The lowest BCUT2D eigenvalue weighted by molar-refractivity contribution is -0.156. The first-order chi connectivity index (χ1) is 13.2. The zero-order valence-electron chi connectivity index (χ0n) is 16.2. The number of ether oxygens (including phenoxy) is 2. The molecule has 0 spiro atoms.